The van der Waals surface area contributed by atoms with Crippen LogP contribution in [0.3, 0.4) is 0 Å². The number of halogens is 1. The highest BCUT2D eigenvalue weighted by atomic mass is 35.5. The third-order valence-corrected chi connectivity index (χ3v) is 5.06. The zero-order chi connectivity index (χ0) is 20.5. The van der Waals surface area contributed by atoms with Gasteiger partial charge in [0.1, 0.15) is 5.56 Å². The van der Waals surface area contributed by atoms with Crippen molar-refractivity contribution in [1.29, 1.82) is 0 Å². The van der Waals surface area contributed by atoms with Gasteiger partial charge in [-0.1, -0.05) is 48.0 Å². The van der Waals surface area contributed by atoms with Crippen molar-refractivity contribution in [2.24, 2.45) is 0 Å². The molecule has 6 nitrogen and oxygen atoms in total. The second-order valence-corrected chi connectivity index (χ2v) is 7.06. The van der Waals surface area contributed by atoms with E-state index in [2.05, 4.69) is 6.07 Å². The highest BCUT2D eigenvalue weighted by Gasteiger charge is 2.24. The molecule has 0 heterocycles. The van der Waals surface area contributed by atoms with Gasteiger partial charge >= 0.3 is 5.97 Å². The minimum Gasteiger partial charge on any atom is -0.454 e. The molecule has 0 aromatic heterocycles. The number of ketones is 1. The van der Waals surface area contributed by atoms with Gasteiger partial charge in [0.15, 0.2) is 12.4 Å². The molecule has 0 unspecified atom stereocenters. The van der Waals surface area contributed by atoms with E-state index in [9.17, 15) is 19.7 Å². The zero-order valence-corrected chi connectivity index (χ0v) is 15.8. The third-order valence-electron chi connectivity index (χ3n) is 4.83. The summed E-state index contributed by atoms with van der Waals surface area (Å²) in [6.07, 6.45) is 0.813. The van der Waals surface area contributed by atoms with E-state index < -0.39 is 29.0 Å². The van der Waals surface area contributed by atoms with Crippen molar-refractivity contribution in [3.8, 4) is 11.1 Å². The molecule has 7 heteroatoms. The van der Waals surface area contributed by atoms with E-state index in [1.807, 2.05) is 24.3 Å². The molecule has 0 saturated heterocycles. The zero-order valence-electron chi connectivity index (χ0n) is 15.1. The highest BCUT2D eigenvalue weighted by molar-refractivity contribution is 6.31. The number of fused-ring (bicyclic) bond motifs is 3. The minimum atomic E-state index is -0.973. The molecule has 0 aliphatic heterocycles. The number of carbonyl (C=O) groups excluding carboxylic acids is 2. The Morgan fingerprint density at radius 3 is 2.55 bits per heavy atom. The SMILES string of the molecule is O=C(COC(=O)c1cc(Cl)ccc1[N+](=O)[O-])c1ccc2c(c1)-c1ccccc1C2. The normalized spacial score (nSPS) is 11.5. The molecule has 1 aliphatic rings. The summed E-state index contributed by atoms with van der Waals surface area (Å²) in [7, 11) is 0. The van der Waals surface area contributed by atoms with Crippen LogP contribution in [0.5, 0.6) is 0 Å². The predicted octanol–water partition coefficient (Wildman–Crippen LogP) is 4.86. The molecule has 0 atom stereocenters. The van der Waals surface area contributed by atoms with Crippen LogP contribution in [0.4, 0.5) is 5.69 Å². The fraction of sp³-hybridized carbons (Fsp3) is 0.0909. The molecular weight excluding hydrogens is 394 g/mol. The fourth-order valence-corrected chi connectivity index (χ4v) is 3.59. The molecule has 0 radical (unpaired) electrons. The van der Waals surface area contributed by atoms with Gasteiger partial charge in [-0.15, -0.1) is 0 Å². The number of benzene rings is 3. The van der Waals surface area contributed by atoms with Crippen LogP contribution >= 0.6 is 11.6 Å². The lowest BCUT2D eigenvalue weighted by molar-refractivity contribution is -0.385. The van der Waals surface area contributed by atoms with E-state index in [0.717, 1.165) is 35.2 Å². The van der Waals surface area contributed by atoms with Crippen molar-refractivity contribution < 1.29 is 19.2 Å². The first-order valence-corrected chi connectivity index (χ1v) is 9.17. The van der Waals surface area contributed by atoms with E-state index >= 15 is 0 Å². The van der Waals surface area contributed by atoms with Gasteiger partial charge in [-0.3, -0.25) is 14.9 Å². The Morgan fingerprint density at radius 1 is 1.00 bits per heavy atom. The lowest BCUT2D eigenvalue weighted by atomic mass is 10.0. The Kier molecular flexibility index (Phi) is 4.86. The maximum absolute atomic E-state index is 12.5. The van der Waals surface area contributed by atoms with Crippen LogP contribution < -0.4 is 0 Å². The van der Waals surface area contributed by atoms with E-state index in [-0.39, 0.29) is 10.6 Å². The number of carbonyl (C=O) groups is 2. The van der Waals surface area contributed by atoms with Crippen LogP contribution in [0.1, 0.15) is 31.8 Å². The molecule has 4 rings (SSSR count). The highest BCUT2D eigenvalue weighted by Crippen LogP contribution is 2.36. The topological polar surface area (TPSA) is 86.5 Å². The molecule has 0 spiro atoms. The lowest BCUT2D eigenvalue weighted by Gasteiger charge is -2.07. The molecular formula is C22H14ClNO5. The van der Waals surface area contributed by atoms with Gasteiger partial charge in [-0.05, 0) is 46.9 Å². The third kappa shape index (κ3) is 3.62. The summed E-state index contributed by atoms with van der Waals surface area (Å²) in [4.78, 5) is 35.2. The maximum atomic E-state index is 12.5. The second-order valence-electron chi connectivity index (χ2n) is 6.62. The standard InChI is InChI=1S/C22H14ClNO5/c23-16-7-8-20(24(27)28)19(11-16)22(26)29-12-21(25)15-6-5-14-9-13-3-1-2-4-17(13)18(14)10-15/h1-8,10-11H,9,12H2. The van der Waals surface area contributed by atoms with E-state index in [1.54, 1.807) is 12.1 Å². The number of hydrogen-bond donors (Lipinski definition) is 0. The van der Waals surface area contributed by atoms with E-state index in [4.69, 9.17) is 16.3 Å². The van der Waals surface area contributed by atoms with Crippen molar-refractivity contribution in [2.45, 2.75) is 6.42 Å². The predicted molar refractivity (Wildman–Crippen MR) is 107 cm³/mol. The molecule has 0 N–H and O–H groups in total. The van der Waals surface area contributed by atoms with Gasteiger partial charge in [0, 0.05) is 16.7 Å². The van der Waals surface area contributed by atoms with Crippen molar-refractivity contribution in [2.75, 3.05) is 6.61 Å². The van der Waals surface area contributed by atoms with Gasteiger partial charge in [0.25, 0.3) is 5.69 Å². The number of ether oxygens (including phenoxy) is 1. The fourth-order valence-electron chi connectivity index (χ4n) is 3.42. The van der Waals surface area contributed by atoms with Gasteiger partial charge in [0.2, 0.25) is 0 Å². The van der Waals surface area contributed by atoms with Gasteiger partial charge in [-0.25, -0.2) is 4.79 Å². The van der Waals surface area contributed by atoms with Crippen LogP contribution in [0.15, 0.2) is 60.7 Å². The second kappa shape index (κ2) is 7.48. The molecule has 3 aromatic carbocycles. The van der Waals surface area contributed by atoms with E-state index in [0.29, 0.717) is 5.56 Å². The number of Topliss-reactive ketones (excluding diaryl/α,β-unsaturated/α-hetero) is 1. The summed E-state index contributed by atoms with van der Waals surface area (Å²) in [5, 5.41) is 11.3. The van der Waals surface area contributed by atoms with Crippen LogP contribution in [0, 0.1) is 10.1 Å². The number of nitrogens with zero attached hydrogens (tertiary/aromatic N) is 1. The van der Waals surface area contributed by atoms with E-state index in [1.165, 1.54) is 11.6 Å². The molecule has 0 saturated carbocycles. The van der Waals surface area contributed by atoms with Crippen molar-refractivity contribution >= 4 is 29.0 Å². The van der Waals surface area contributed by atoms with Gasteiger partial charge < -0.3 is 4.74 Å². The number of esters is 1. The maximum Gasteiger partial charge on any atom is 0.345 e. The Balaban J connectivity index is 1.51. The minimum absolute atomic E-state index is 0.158. The number of nitro benzene ring substituents is 1. The van der Waals surface area contributed by atoms with Crippen LogP contribution in [-0.2, 0) is 11.2 Å². The van der Waals surface area contributed by atoms with Crippen LogP contribution in [-0.4, -0.2) is 23.3 Å². The van der Waals surface area contributed by atoms with Crippen molar-refractivity contribution in [1.82, 2.24) is 0 Å². The quantitative estimate of drug-likeness (QED) is 0.204. The van der Waals surface area contributed by atoms with Crippen LogP contribution in [0.2, 0.25) is 5.02 Å². The smallest absolute Gasteiger partial charge is 0.345 e. The van der Waals surface area contributed by atoms with Crippen molar-refractivity contribution in [3.05, 3.63) is 98.1 Å². The first kappa shape index (κ1) is 18.8. The molecule has 0 bridgehead atoms. The van der Waals surface area contributed by atoms with Gasteiger partial charge in [0.05, 0.1) is 4.92 Å². The molecule has 0 fully saturated rings. The lowest BCUT2D eigenvalue weighted by Crippen LogP contribution is -2.15. The molecule has 144 valence electrons. The van der Waals surface area contributed by atoms with Gasteiger partial charge in [-0.2, -0.15) is 0 Å². The summed E-state index contributed by atoms with van der Waals surface area (Å²) in [5.41, 5.74) is 4.10. The number of nitro groups is 1. The summed E-state index contributed by atoms with van der Waals surface area (Å²) < 4.78 is 5.03. The van der Waals surface area contributed by atoms with Crippen molar-refractivity contribution in [3.63, 3.8) is 0 Å². The number of hydrogen-bond acceptors (Lipinski definition) is 5. The first-order valence-electron chi connectivity index (χ1n) is 8.79. The molecule has 29 heavy (non-hydrogen) atoms. The Hall–Kier alpha value is -3.51. The first-order chi connectivity index (χ1) is 13.9. The monoisotopic (exact) mass is 407 g/mol. The summed E-state index contributed by atoms with van der Waals surface area (Å²) in [6.45, 7) is -0.525. The molecule has 3 aromatic rings. The van der Waals surface area contributed by atoms with Crippen LogP contribution in [0.25, 0.3) is 11.1 Å². The Bertz CT molecular complexity index is 1170. The Labute approximate surface area is 170 Å². The summed E-state index contributed by atoms with van der Waals surface area (Å²) >= 11 is 5.82. The molecule has 0 amide bonds. The summed E-state index contributed by atoms with van der Waals surface area (Å²) in [6, 6.07) is 17.0. The average Bonchev–Trinajstić information content (AvgIpc) is 3.09. The number of rotatable bonds is 5. The summed E-state index contributed by atoms with van der Waals surface area (Å²) in [5.74, 6) is -1.37. The molecule has 1 aliphatic carbocycles. The average molecular weight is 408 g/mol. The Morgan fingerprint density at radius 2 is 1.76 bits per heavy atom. The largest absolute Gasteiger partial charge is 0.454 e.